The molecule has 8 heteroatoms. The molecule has 0 unspecified atom stereocenters. The van der Waals surface area contributed by atoms with Gasteiger partial charge in [-0.3, -0.25) is 4.79 Å². The van der Waals surface area contributed by atoms with Crippen molar-refractivity contribution >= 4 is 21.7 Å². The number of pyridine rings is 1. The highest BCUT2D eigenvalue weighted by molar-refractivity contribution is 7.89. The van der Waals surface area contributed by atoms with Crippen LogP contribution in [-0.2, 0) is 10.0 Å². The summed E-state index contributed by atoms with van der Waals surface area (Å²) in [7, 11) is -3.52. The molecule has 1 fully saturated rings. The Bertz CT molecular complexity index is 821. The Morgan fingerprint density at radius 1 is 1.21 bits per heavy atom. The van der Waals surface area contributed by atoms with Crippen LogP contribution in [0.15, 0.2) is 40.0 Å². The fraction of sp³-hybridized carbons (Fsp3) is 0.375. The summed E-state index contributed by atoms with van der Waals surface area (Å²) < 4.78 is 31.7. The molecule has 0 radical (unpaired) electrons. The van der Waals surface area contributed by atoms with Gasteiger partial charge in [-0.2, -0.15) is 4.31 Å². The number of aromatic nitrogens is 1. The quantitative estimate of drug-likeness (QED) is 0.915. The average molecular weight is 349 g/mol. The van der Waals surface area contributed by atoms with Crippen LogP contribution in [0.3, 0.4) is 0 Å². The second kappa shape index (κ2) is 6.74. The zero-order valence-corrected chi connectivity index (χ0v) is 14.2. The van der Waals surface area contributed by atoms with E-state index in [0.717, 1.165) is 24.8 Å². The van der Waals surface area contributed by atoms with E-state index in [1.54, 1.807) is 13.0 Å². The number of piperidine rings is 1. The maximum Gasteiger partial charge on any atom is 0.292 e. The largest absolute Gasteiger partial charge is 0.459 e. The van der Waals surface area contributed by atoms with Gasteiger partial charge in [0.25, 0.3) is 5.91 Å². The van der Waals surface area contributed by atoms with Crippen molar-refractivity contribution in [3.8, 4) is 0 Å². The first-order valence-electron chi connectivity index (χ1n) is 7.80. The van der Waals surface area contributed by atoms with Crippen molar-refractivity contribution in [2.75, 3.05) is 18.4 Å². The number of aryl methyl sites for hydroxylation is 1. The molecule has 0 aromatic carbocycles. The molecule has 0 atom stereocenters. The molecule has 1 amide bonds. The van der Waals surface area contributed by atoms with E-state index in [9.17, 15) is 13.2 Å². The third-order valence-electron chi connectivity index (χ3n) is 4.00. The topological polar surface area (TPSA) is 92.5 Å². The van der Waals surface area contributed by atoms with Crippen LogP contribution in [0, 0.1) is 6.92 Å². The van der Waals surface area contributed by atoms with Crippen LogP contribution in [0.4, 0.5) is 5.82 Å². The van der Waals surface area contributed by atoms with Crippen LogP contribution in [-0.4, -0.2) is 36.7 Å². The molecule has 0 saturated carbocycles. The van der Waals surface area contributed by atoms with Crippen LogP contribution in [0.25, 0.3) is 0 Å². The molecule has 24 heavy (non-hydrogen) atoms. The number of hydrogen-bond donors (Lipinski definition) is 1. The standard InChI is InChI=1S/C16H19N3O4S/c1-12-7-10-23-15(12)16(20)18-14-6-5-13(11-17-14)24(21,22)19-8-3-2-4-9-19/h5-7,10-11H,2-4,8-9H2,1H3,(H,17,18,20). The molecular formula is C16H19N3O4S. The van der Waals surface area contributed by atoms with Crippen molar-refractivity contribution in [1.29, 1.82) is 0 Å². The maximum atomic E-state index is 12.5. The van der Waals surface area contributed by atoms with Gasteiger partial charge in [0.15, 0.2) is 5.76 Å². The lowest BCUT2D eigenvalue weighted by Crippen LogP contribution is -2.35. The minimum Gasteiger partial charge on any atom is -0.459 e. The number of nitrogens with zero attached hydrogens (tertiary/aromatic N) is 2. The Kier molecular flexibility index (Phi) is 4.68. The molecule has 7 nitrogen and oxygen atoms in total. The smallest absolute Gasteiger partial charge is 0.292 e. The molecule has 0 aliphatic carbocycles. The van der Waals surface area contributed by atoms with Gasteiger partial charge in [0.2, 0.25) is 10.0 Å². The maximum absolute atomic E-state index is 12.5. The summed E-state index contributed by atoms with van der Waals surface area (Å²) in [6.45, 7) is 2.84. The van der Waals surface area contributed by atoms with Gasteiger partial charge in [-0.05, 0) is 38.0 Å². The van der Waals surface area contributed by atoms with E-state index >= 15 is 0 Å². The molecule has 3 heterocycles. The number of furan rings is 1. The summed E-state index contributed by atoms with van der Waals surface area (Å²) in [6.07, 6.45) is 5.52. The lowest BCUT2D eigenvalue weighted by Gasteiger charge is -2.25. The van der Waals surface area contributed by atoms with Crippen LogP contribution in [0.5, 0.6) is 0 Å². The van der Waals surface area contributed by atoms with E-state index in [1.807, 2.05) is 0 Å². The molecule has 1 saturated heterocycles. The van der Waals surface area contributed by atoms with Crippen molar-refractivity contribution in [1.82, 2.24) is 9.29 Å². The van der Waals surface area contributed by atoms with E-state index in [2.05, 4.69) is 10.3 Å². The summed E-state index contributed by atoms with van der Waals surface area (Å²) >= 11 is 0. The normalized spacial score (nSPS) is 16.0. The Hall–Kier alpha value is -2.19. The van der Waals surface area contributed by atoms with E-state index < -0.39 is 15.9 Å². The van der Waals surface area contributed by atoms with Crippen LogP contribution in [0.1, 0.15) is 35.4 Å². The molecule has 128 valence electrons. The van der Waals surface area contributed by atoms with Crippen LogP contribution in [0.2, 0.25) is 0 Å². The van der Waals surface area contributed by atoms with Gasteiger partial charge < -0.3 is 9.73 Å². The summed E-state index contributed by atoms with van der Waals surface area (Å²) in [5.74, 6) is 0.0619. The molecule has 0 bridgehead atoms. The molecule has 0 spiro atoms. The number of amides is 1. The summed E-state index contributed by atoms with van der Waals surface area (Å²) in [4.78, 5) is 16.2. The number of carbonyl (C=O) groups excluding carboxylic acids is 1. The monoisotopic (exact) mass is 349 g/mol. The lowest BCUT2D eigenvalue weighted by molar-refractivity contribution is 0.0995. The number of sulfonamides is 1. The number of rotatable bonds is 4. The number of hydrogen-bond acceptors (Lipinski definition) is 5. The summed E-state index contributed by atoms with van der Waals surface area (Å²) in [5.41, 5.74) is 0.719. The average Bonchev–Trinajstić information content (AvgIpc) is 3.02. The van der Waals surface area contributed by atoms with Gasteiger partial charge in [-0.15, -0.1) is 0 Å². The Morgan fingerprint density at radius 3 is 2.54 bits per heavy atom. The van der Waals surface area contributed by atoms with Gasteiger partial charge in [0.1, 0.15) is 10.7 Å². The zero-order chi connectivity index (χ0) is 17.2. The van der Waals surface area contributed by atoms with E-state index in [-0.39, 0.29) is 16.5 Å². The lowest BCUT2D eigenvalue weighted by atomic mass is 10.2. The van der Waals surface area contributed by atoms with Crippen LogP contribution >= 0.6 is 0 Å². The highest BCUT2D eigenvalue weighted by Crippen LogP contribution is 2.21. The highest BCUT2D eigenvalue weighted by Gasteiger charge is 2.26. The first kappa shape index (κ1) is 16.7. The number of carbonyl (C=O) groups is 1. The predicted molar refractivity (Wildman–Crippen MR) is 88.2 cm³/mol. The van der Waals surface area contributed by atoms with E-state index in [1.165, 1.54) is 28.9 Å². The van der Waals surface area contributed by atoms with Crippen molar-refractivity contribution in [3.05, 3.63) is 42.0 Å². The first-order chi connectivity index (χ1) is 11.5. The summed E-state index contributed by atoms with van der Waals surface area (Å²) in [5, 5.41) is 2.59. The van der Waals surface area contributed by atoms with Gasteiger partial charge in [-0.25, -0.2) is 13.4 Å². The minimum absolute atomic E-state index is 0.136. The fourth-order valence-corrected chi connectivity index (χ4v) is 4.10. The van der Waals surface area contributed by atoms with Gasteiger partial charge in [0, 0.05) is 24.8 Å². The van der Waals surface area contributed by atoms with Crippen molar-refractivity contribution < 1.29 is 17.6 Å². The van der Waals surface area contributed by atoms with Gasteiger partial charge in [0.05, 0.1) is 6.26 Å². The third kappa shape index (κ3) is 3.34. The fourth-order valence-electron chi connectivity index (χ4n) is 2.64. The predicted octanol–water partition coefficient (Wildman–Crippen LogP) is 2.41. The highest BCUT2D eigenvalue weighted by atomic mass is 32.2. The van der Waals surface area contributed by atoms with E-state index in [4.69, 9.17) is 4.42 Å². The zero-order valence-electron chi connectivity index (χ0n) is 13.4. The molecule has 3 rings (SSSR count). The molecule has 1 aliphatic rings. The van der Waals surface area contributed by atoms with Gasteiger partial charge >= 0.3 is 0 Å². The van der Waals surface area contributed by atoms with E-state index in [0.29, 0.717) is 13.1 Å². The first-order valence-corrected chi connectivity index (χ1v) is 9.24. The van der Waals surface area contributed by atoms with Crippen LogP contribution < -0.4 is 5.32 Å². The van der Waals surface area contributed by atoms with Gasteiger partial charge in [-0.1, -0.05) is 6.42 Å². The Labute approximate surface area is 140 Å². The molecule has 1 N–H and O–H groups in total. The number of anilines is 1. The molecule has 1 aliphatic heterocycles. The molecule has 2 aromatic heterocycles. The van der Waals surface area contributed by atoms with Crippen molar-refractivity contribution in [2.45, 2.75) is 31.1 Å². The second-order valence-electron chi connectivity index (χ2n) is 5.73. The summed E-state index contributed by atoms with van der Waals surface area (Å²) in [6, 6.07) is 4.63. The number of nitrogens with one attached hydrogen (secondary N) is 1. The molecular weight excluding hydrogens is 330 g/mol. The Morgan fingerprint density at radius 2 is 1.96 bits per heavy atom. The SMILES string of the molecule is Cc1ccoc1C(=O)Nc1ccc(S(=O)(=O)N2CCCCC2)cn1. The molecule has 2 aromatic rings. The Balaban J connectivity index is 1.73. The minimum atomic E-state index is -3.52. The van der Waals surface area contributed by atoms with Crippen molar-refractivity contribution in [3.63, 3.8) is 0 Å². The third-order valence-corrected chi connectivity index (χ3v) is 5.88. The second-order valence-corrected chi connectivity index (χ2v) is 7.67. The van der Waals surface area contributed by atoms with Crippen molar-refractivity contribution in [2.24, 2.45) is 0 Å².